The molecule has 1 aliphatic heterocycles. The summed E-state index contributed by atoms with van der Waals surface area (Å²) >= 11 is 5.26. The van der Waals surface area contributed by atoms with E-state index in [9.17, 15) is 0 Å². The summed E-state index contributed by atoms with van der Waals surface area (Å²) in [5.74, 6) is 0. The number of thiophene rings is 1. The lowest BCUT2D eigenvalue weighted by Gasteiger charge is -2.34. The Morgan fingerprint density at radius 2 is 2.53 bits per heavy atom. The summed E-state index contributed by atoms with van der Waals surface area (Å²) in [7, 11) is 0. The first-order valence-corrected chi connectivity index (χ1v) is 6.91. The van der Waals surface area contributed by atoms with E-state index in [1.807, 2.05) is 0 Å². The second-order valence-electron chi connectivity index (χ2n) is 4.30. The van der Waals surface area contributed by atoms with Gasteiger partial charge in [0.25, 0.3) is 0 Å². The van der Waals surface area contributed by atoms with Gasteiger partial charge in [-0.15, -0.1) is 11.3 Å². The zero-order valence-electron chi connectivity index (χ0n) is 8.88. The van der Waals surface area contributed by atoms with Gasteiger partial charge in [0.1, 0.15) is 0 Å². The van der Waals surface area contributed by atoms with Crippen LogP contribution in [0.5, 0.6) is 0 Å². The molecule has 2 heterocycles. The highest BCUT2D eigenvalue weighted by atomic mass is 79.9. The van der Waals surface area contributed by atoms with E-state index in [0.29, 0.717) is 0 Å². The van der Waals surface area contributed by atoms with Crippen LogP contribution in [0.25, 0.3) is 0 Å². The van der Waals surface area contributed by atoms with Crippen molar-refractivity contribution in [3.05, 3.63) is 20.8 Å². The van der Waals surface area contributed by atoms with Gasteiger partial charge in [-0.1, -0.05) is 0 Å². The first-order chi connectivity index (χ1) is 7.18. The van der Waals surface area contributed by atoms with Crippen LogP contribution in [0, 0.1) is 0 Å². The predicted octanol–water partition coefficient (Wildman–Crippen LogP) is 3.17. The number of hydrogen-bond donors (Lipinski definition) is 1. The van der Waals surface area contributed by atoms with E-state index in [0.717, 1.165) is 26.2 Å². The van der Waals surface area contributed by atoms with Gasteiger partial charge in [0, 0.05) is 33.4 Å². The van der Waals surface area contributed by atoms with E-state index >= 15 is 0 Å². The van der Waals surface area contributed by atoms with Crippen LogP contribution in [-0.2, 0) is 11.3 Å². The molecule has 0 aliphatic carbocycles. The lowest BCUT2D eigenvalue weighted by atomic mass is 9.95. The summed E-state index contributed by atoms with van der Waals surface area (Å²) in [6.07, 6.45) is 2.37. The molecule has 0 spiro atoms. The molecule has 0 amide bonds. The summed E-state index contributed by atoms with van der Waals surface area (Å²) in [6.45, 7) is 4.94. The Hall–Kier alpha value is 0.1000. The van der Waals surface area contributed by atoms with E-state index in [4.69, 9.17) is 4.74 Å². The predicted molar refractivity (Wildman–Crippen MR) is 67.3 cm³/mol. The Bertz CT molecular complexity index is 320. The highest BCUT2D eigenvalue weighted by Crippen LogP contribution is 2.22. The lowest BCUT2D eigenvalue weighted by molar-refractivity contribution is 0.0279. The minimum atomic E-state index is 0.161. The third kappa shape index (κ3) is 3.28. The van der Waals surface area contributed by atoms with Gasteiger partial charge in [0.05, 0.1) is 6.61 Å². The fraction of sp³-hybridized carbons (Fsp3) is 0.636. The van der Waals surface area contributed by atoms with Gasteiger partial charge >= 0.3 is 0 Å². The first kappa shape index (κ1) is 11.6. The topological polar surface area (TPSA) is 21.3 Å². The van der Waals surface area contributed by atoms with Gasteiger partial charge in [-0.2, -0.15) is 0 Å². The van der Waals surface area contributed by atoms with Crippen LogP contribution in [0.2, 0.25) is 0 Å². The SMILES string of the molecule is CC1(NCc2cc(Br)cs2)CCCOC1. The van der Waals surface area contributed by atoms with Crippen LogP contribution in [-0.4, -0.2) is 18.8 Å². The zero-order chi connectivity index (χ0) is 10.7. The summed E-state index contributed by atoms with van der Waals surface area (Å²) in [4.78, 5) is 1.37. The number of halogens is 1. The van der Waals surface area contributed by atoms with E-state index < -0.39 is 0 Å². The highest BCUT2D eigenvalue weighted by Gasteiger charge is 2.26. The Labute approximate surface area is 103 Å². The first-order valence-electron chi connectivity index (χ1n) is 5.24. The third-order valence-electron chi connectivity index (χ3n) is 2.75. The molecule has 1 fully saturated rings. The number of nitrogens with one attached hydrogen (secondary N) is 1. The van der Waals surface area contributed by atoms with Crippen LogP contribution >= 0.6 is 27.3 Å². The maximum atomic E-state index is 5.51. The fourth-order valence-corrected chi connectivity index (χ4v) is 3.21. The Morgan fingerprint density at radius 1 is 1.67 bits per heavy atom. The molecule has 1 saturated heterocycles. The monoisotopic (exact) mass is 289 g/mol. The molecular weight excluding hydrogens is 274 g/mol. The summed E-state index contributed by atoms with van der Waals surface area (Å²) in [5, 5.41) is 5.71. The van der Waals surface area contributed by atoms with Crippen molar-refractivity contribution < 1.29 is 4.74 Å². The molecule has 1 aromatic rings. The van der Waals surface area contributed by atoms with Crippen molar-refractivity contribution in [1.82, 2.24) is 5.32 Å². The van der Waals surface area contributed by atoms with Gasteiger partial charge in [-0.05, 0) is 41.8 Å². The van der Waals surface area contributed by atoms with Crippen LogP contribution in [0.1, 0.15) is 24.6 Å². The maximum absolute atomic E-state index is 5.51. The average Bonchev–Trinajstić information content (AvgIpc) is 2.63. The van der Waals surface area contributed by atoms with Crippen molar-refractivity contribution in [3.63, 3.8) is 0 Å². The molecule has 4 heteroatoms. The molecule has 2 nitrogen and oxygen atoms in total. The van der Waals surface area contributed by atoms with Crippen molar-refractivity contribution in [2.75, 3.05) is 13.2 Å². The zero-order valence-corrected chi connectivity index (χ0v) is 11.3. The molecule has 1 atom stereocenters. The number of ether oxygens (including phenoxy) is 1. The standard InChI is InChI=1S/C11H16BrNOS/c1-11(3-2-4-14-8-11)13-6-10-5-9(12)7-15-10/h5,7,13H,2-4,6,8H2,1H3. The van der Waals surface area contributed by atoms with E-state index in [2.05, 4.69) is 39.6 Å². The largest absolute Gasteiger partial charge is 0.380 e. The van der Waals surface area contributed by atoms with Crippen LogP contribution in [0.3, 0.4) is 0 Å². The van der Waals surface area contributed by atoms with Crippen molar-refractivity contribution in [2.24, 2.45) is 0 Å². The molecule has 1 unspecified atom stereocenters. The fourth-order valence-electron chi connectivity index (χ4n) is 1.82. The Kier molecular flexibility index (Phi) is 3.83. The minimum Gasteiger partial charge on any atom is -0.380 e. The molecule has 1 aliphatic rings. The second-order valence-corrected chi connectivity index (χ2v) is 6.21. The molecule has 0 radical (unpaired) electrons. The smallest absolute Gasteiger partial charge is 0.0645 e. The molecule has 0 aromatic carbocycles. The molecular formula is C11H16BrNOS. The number of rotatable bonds is 3. The van der Waals surface area contributed by atoms with Gasteiger partial charge in [-0.25, -0.2) is 0 Å². The Balaban J connectivity index is 1.86. The highest BCUT2D eigenvalue weighted by molar-refractivity contribution is 9.10. The summed E-state index contributed by atoms with van der Waals surface area (Å²) in [5.41, 5.74) is 0.161. The maximum Gasteiger partial charge on any atom is 0.0645 e. The second kappa shape index (κ2) is 4.95. The van der Waals surface area contributed by atoms with E-state index in [-0.39, 0.29) is 5.54 Å². The van der Waals surface area contributed by atoms with Gasteiger partial charge in [-0.3, -0.25) is 0 Å². The van der Waals surface area contributed by atoms with Crippen molar-refractivity contribution in [2.45, 2.75) is 31.8 Å². The van der Waals surface area contributed by atoms with Crippen molar-refractivity contribution >= 4 is 27.3 Å². The van der Waals surface area contributed by atoms with Crippen LogP contribution in [0.15, 0.2) is 15.9 Å². The molecule has 1 aromatic heterocycles. The quantitative estimate of drug-likeness (QED) is 0.923. The average molecular weight is 290 g/mol. The molecule has 1 N–H and O–H groups in total. The minimum absolute atomic E-state index is 0.161. The van der Waals surface area contributed by atoms with Gasteiger partial charge in [0.2, 0.25) is 0 Å². The van der Waals surface area contributed by atoms with E-state index in [1.165, 1.54) is 15.8 Å². The van der Waals surface area contributed by atoms with Crippen molar-refractivity contribution in [3.8, 4) is 0 Å². The summed E-state index contributed by atoms with van der Waals surface area (Å²) in [6, 6.07) is 2.17. The molecule has 0 bridgehead atoms. The molecule has 0 saturated carbocycles. The summed E-state index contributed by atoms with van der Waals surface area (Å²) < 4.78 is 6.69. The third-order valence-corrected chi connectivity index (χ3v) is 4.45. The normalized spacial score (nSPS) is 26.8. The van der Waals surface area contributed by atoms with Crippen LogP contribution < -0.4 is 5.32 Å². The van der Waals surface area contributed by atoms with Crippen molar-refractivity contribution in [1.29, 1.82) is 0 Å². The number of hydrogen-bond acceptors (Lipinski definition) is 3. The Morgan fingerprint density at radius 3 is 3.13 bits per heavy atom. The van der Waals surface area contributed by atoms with Gasteiger partial charge < -0.3 is 10.1 Å². The van der Waals surface area contributed by atoms with E-state index in [1.54, 1.807) is 11.3 Å². The lowest BCUT2D eigenvalue weighted by Crippen LogP contribution is -2.48. The molecule has 84 valence electrons. The molecule has 2 rings (SSSR count). The van der Waals surface area contributed by atoms with Gasteiger partial charge in [0.15, 0.2) is 0 Å². The van der Waals surface area contributed by atoms with Crippen LogP contribution in [0.4, 0.5) is 0 Å². The molecule has 15 heavy (non-hydrogen) atoms.